The van der Waals surface area contributed by atoms with Gasteiger partial charge in [-0.1, -0.05) is 29.8 Å². The molecule has 1 fully saturated rings. The number of carbonyl (C=O) groups is 1. The maximum absolute atomic E-state index is 14.7. The molecule has 7 nitrogen and oxygen atoms in total. The van der Waals surface area contributed by atoms with Crippen molar-refractivity contribution in [1.82, 2.24) is 9.78 Å². The van der Waals surface area contributed by atoms with E-state index in [1.807, 2.05) is 39.8 Å². The van der Waals surface area contributed by atoms with E-state index in [1.165, 1.54) is 22.9 Å². The lowest BCUT2D eigenvalue weighted by atomic mass is 9.78. The van der Waals surface area contributed by atoms with Crippen molar-refractivity contribution in [3.05, 3.63) is 70.6 Å². The third-order valence-electron chi connectivity index (χ3n) is 5.89. The number of halogens is 2. The van der Waals surface area contributed by atoms with Crippen LogP contribution in [0.5, 0.6) is 0 Å². The van der Waals surface area contributed by atoms with Crippen molar-refractivity contribution in [1.29, 1.82) is 5.26 Å². The van der Waals surface area contributed by atoms with Gasteiger partial charge in [0.15, 0.2) is 5.69 Å². The van der Waals surface area contributed by atoms with Crippen LogP contribution in [0.4, 0.5) is 10.2 Å². The smallest absolute Gasteiger partial charge is 0.399 e. The number of hydrogen-bond donors (Lipinski definition) is 1. The number of carbonyl (C=O) groups excluding carboxylic acids is 1. The second-order valence-corrected chi connectivity index (χ2v) is 9.06. The molecule has 33 heavy (non-hydrogen) atoms. The van der Waals surface area contributed by atoms with Gasteiger partial charge in [-0.3, -0.25) is 4.79 Å². The molecule has 2 aromatic carbocycles. The van der Waals surface area contributed by atoms with E-state index < -0.39 is 30.0 Å². The Kier molecular flexibility index (Phi) is 5.78. The quantitative estimate of drug-likeness (QED) is 0.585. The summed E-state index contributed by atoms with van der Waals surface area (Å²) in [6.45, 7) is 7.52. The number of anilines is 1. The largest absolute Gasteiger partial charge is 0.494 e. The molecular formula is C23H21BClFN4O3. The highest BCUT2D eigenvalue weighted by atomic mass is 35.5. The van der Waals surface area contributed by atoms with Crippen LogP contribution in [0.25, 0.3) is 5.69 Å². The van der Waals surface area contributed by atoms with E-state index in [4.69, 9.17) is 20.9 Å². The molecule has 1 aromatic heterocycles. The summed E-state index contributed by atoms with van der Waals surface area (Å²) in [7, 11) is -0.867. The van der Waals surface area contributed by atoms with Crippen molar-refractivity contribution in [3.63, 3.8) is 0 Å². The number of benzene rings is 2. The molecule has 0 radical (unpaired) electrons. The Morgan fingerprint density at radius 1 is 1.15 bits per heavy atom. The summed E-state index contributed by atoms with van der Waals surface area (Å²) in [5, 5.41) is 15.8. The fourth-order valence-electron chi connectivity index (χ4n) is 3.36. The minimum atomic E-state index is -0.867. The van der Waals surface area contributed by atoms with Gasteiger partial charge in [-0.25, -0.2) is 9.07 Å². The zero-order chi connectivity index (χ0) is 24.0. The van der Waals surface area contributed by atoms with Crippen molar-refractivity contribution in [2.45, 2.75) is 38.9 Å². The average molecular weight is 467 g/mol. The lowest BCUT2D eigenvalue weighted by Gasteiger charge is -2.32. The first kappa shape index (κ1) is 23.0. The Labute approximate surface area is 196 Å². The van der Waals surface area contributed by atoms with Crippen LogP contribution in [0.15, 0.2) is 48.5 Å². The molecule has 1 aliphatic rings. The van der Waals surface area contributed by atoms with Crippen LogP contribution in [0.3, 0.4) is 0 Å². The van der Waals surface area contributed by atoms with E-state index in [-0.39, 0.29) is 22.1 Å². The number of nitriles is 1. The Hall–Kier alpha value is -3.19. The molecule has 0 spiro atoms. The first-order chi connectivity index (χ1) is 15.5. The van der Waals surface area contributed by atoms with Gasteiger partial charge in [-0.05, 0) is 57.4 Å². The van der Waals surface area contributed by atoms with Crippen LogP contribution in [-0.2, 0) is 9.31 Å². The van der Waals surface area contributed by atoms with Crippen molar-refractivity contribution < 1.29 is 18.5 Å². The zero-order valence-corrected chi connectivity index (χ0v) is 19.3. The highest BCUT2D eigenvalue weighted by molar-refractivity contribution is 6.62. The first-order valence-corrected chi connectivity index (χ1v) is 10.6. The summed E-state index contributed by atoms with van der Waals surface area (Å²) in [5.41, 5.74) is -0.288. The van der Waals surface area contributed by atoms with Crippen LogP contribution in [0.2, 0.25) is 5.02 Å². The van der Waals surface area contributed by atoms with Gasteiger partial charge in [0.1, 0.15) is 17.7 Å². The normalized spacial score (nSPS) is 16.5. The molecule has 0 aliphatic carbocycles. The van der Waals surface area contributed by atoms with E-state index in [0.717, 1.165) is 0 Å². The number of para-hydroxylation sites is 1. The number of hydrogen-bond acceptors (Lipinski definition) is 5. The molecule has 0 saturated carbocycles. The monoisotopic (exact) mass is 466 g/mol. The Bertz CT molecular complexity index is 1250. The van der Waals surface area contributed by atoms with E-state index in [0.29, 0.717) is 11.2 Å². The molecule has 1 N–H and O–H groups in total. The number of aromatic nitrogens is 2. The summed E-state index contributed by atoms with van der Waals surface area (Å²) in [5.74, 6) is -1.21. The van der Waals surface area contributed by atoms with Gasteiger partial charge in [0.25, 0.3) is 5.91 Å². The van der Waals surface area contributed by atoms with Gasteiger partial charge < -0.3 is 14.6 Å². The van der Waals surface area contributed by atoms with Crippen LogP contribution >= 0.6 is 11.6 Å². The Balaban J connectivity index is 1.68. The van der Waals surface area contributed by atoms with E-state index in [9.17, 15) is 14.4 Å². The summed E-state index contributed by atoms with van der Waals surface area (Å²) >= 11 is 6.14. The number of amides is 1. The molecule has 0 atom stereocenters. The van der Waals surface area contributed by atoms with Crippen LogP contribution in [0, 0.1) is 17.1 Å². The molecule has 0 bridgehead atoms. The molecular weight excluding hydrogens is 446 g/mol. The summed E-state index contributed by atoms with van der Waals surface area (Å²) in [4.78, 5) is 13.1. The predicted molar refractivity (Wildman–Crippen MR) is 123 cm³/mol. The zero-order valence-electron chi connectivity index (χ0n) is 18.5. The molecule has 2 heterocycles. The van der Waals surface area contributed by atoms with Crippen LogP contribution < -0.4 is 10.8 Å². The number of nitrogens with zero attached hydrogens (tertiary/aromatic N) is 3. The predicted octanol–water partition coefficient (Wildman–Crippen LogP) is 4.09. The third kappa shape index (κ3) is 4.25. The third-order valence-corrected chi connectivity index (χ3v) is 6.27. The van der Waals surface area contributed by atoms with Gasteiger partial charge in [-0.2, -0.15) is 10.4 Å². The minimum absolute atomic E-state index is 0.0966. The van der Waals surface area contributed by atoms with Crippen molar-refractivity contribution in [3.8, 4) is 11.8 Å². The number of rotatable bonds is 4. The van der Waals surface area contributed by atoms with Gasteiger partial charge in [-0.15, -0.1) is 0 Å². The van der Waals surface area contributed by atoms with Gasteiger partial charge in [0.2, 0.25) is 0 Å². The molecule has 1 aliphatic heterocycles. The maximum Gasteiger partial charge on any atom is 0.494 e. The Morgan fingerprint density at radius 2 is 1.79 bits per heavy atom. The lowest BCUT2D eigenvalue weighted by Crippen LogP contribution is -2.41. The van der Waals surface area contributed by atoms with Gasteiger partial charge in [0, 0.05) is 6.07 Å². The molecule has 0 unspecified atom stereocenters. The topological polar surface area (TPSA) is 89.2 Å². The molecule has 168 valence electrons. The SMILES string of the molecule is CC1(C)OB(c2cc(F)c(Cl)c(C(=O)Nc3cc(C#N)nn3-c3ccccc3)c2)OC1(C)C. The van der Waals surface area contributed by atoms with Crippen LogP contribution in [0.1, 0.15) is 43.7 Å². The summed E-state index contributed by atoms with van der Waals surface area (Å²) in [6, 6.07) is 15.0. The maximum atomic E-state index is 14.7. The fraction of sp³-hybridized carbons (Fsp3) is 0.261. The molecule has 3 aromatic rings. The highest BCUT2D eigenvalue weighted by Gasteiger charge is 2.52. The average Bonchev–Trinajstić information content (AvgIpc) is 3.27. The van der Waals surface area contributed by atoms with Crippen molar-refractivity contribution in [2.24, 2.45) is 0 Å². The van der Waals surface area contributed by atoms with Crippen LogP contribution in [-0.4, -0.2) is 34.0 Å². The summed E-state index contributed by atoms with van der Waals surface area (Å²) in [6.07, 6.45) is 0. The van der Waals surface area contributed by atoms with Gasteiger partial charge >= 0.3 is 7.12 Å². The standard InChI is InChI=1S/C23H21BClFN4O3/c1-22(2)23(3,4)33-24(32-22)14-10-17(20(25)18(26)11-14)21(31)28-19-12-15(13-27)29-30(19)16-8-6-5-7-9-16/h5-12H,1-4H3,(H,28,31). The van der Waals surface area contributed by atoms with Gasteiger partial charge in [0.05, 0.1) is 27.5 Å². The summed E-state index contributed by atoms with van der Waals surface area (Å²) < 4.78 is 28.1. The first-order valence-electron chi connectivity index (χ1n) is 10.2. The molecule has 1 amide bonds. The second-order valence-electron chi connectivity index (χ2n) is 8.68. The molecule has 1 saturated heterocycles. The fourth-order valence-corrected chi connectivity index (χ4v) is 3.56. The molecule has 4 rings (SSSR count). The van der Waals surface area contributed by atoms with E-state index in [1.54, 1.807) is 24.3 Å². The molecule has 10 heteroatoms. The van der Waals surface area contributed by atoms with Crippen molar-refractivity contribution >= 4 is 35.9 Å². The Morgan fingerprint density at radius 3 is 2.39 bits per heavy atom. The van der Waals surface area contributed by atoms with E-state index in [2.05, 4.69) is 10.4 Å². The van der Waals surface area contributed by atoms with E-state index >= 15 is 0 Å². The lowest BCUT2D eigenvalue weighted by molar-refractivity contribution is 0.00578. The second kappa shape index (κ2) is 8.30. The minimum Gasteiger partial charge on any atom is -0.399 e. The number of nitrogens with one attached hydrogen (secondary N) is 1. The van der Waals surface area contributed by atoms with Crippen molar-refractivity contribution in [2.75, 3.05) is 5.32 Å². The highest BCUT2D eigenvalue weighted by Crippen LogP contribution is 2.37.